The maximum absolute atomic E-state index is 13.1. The molecule has 7 aromatic carbocycles. The Morgan fingerprint density at radius 3 is 1.63 bits per heavy atom. The van der Waals surface area contributed by atoms with Crippen molar-refractivity contribution in [3.8, 4) is 45.4 Å². The van der Waals surface area contributed by atoms with Gasteiger partial charge in [0, 0.05) is 43.6 Å². The number of aromatic hydroxyl groups is 2. The molecular weight excluding hydrogens is 1330 g/mol. The molecule has 1 unspecified atom stereocenters. The molecule has 0 amide bonds. The van der Waals surface area contributed by atoms with E-state index in [2.05, 4.69) is 75.4 Å². The van der Waals surface area contributed by atoms with Gasteiger partial charge in [0.05, 0.1) is 48.6 Å². The van der Waals surface area contributed by atoms with Gasteiger partial charge in [0.15, 0.2) is 5.76 Å². The molecule has 1 atom stereocenters. The summed E-state index contributed by atoms with van der Waals surface area (Å²) in [6.07, 6.45) is 6.35. The Hall–Kier alpha value is -9.21. The summed E-state index contributed by atoms with van der Waals surface area (Å²) < 4.78 is 37.7. The molecule has 17 heteroatoms. The lowest BCUT2D eigenvalue weighted by Crippen LogP contribution is -2.36. The number of aryl methyl sites for hydroxylation is 9. The van der Waals surface area contributed by atoms with Gasteiger partial charge in [-0.3, -0.25) is 24.0 Å². The quantitative estimate of drug-likeness (QED) is 0.0161. The number of aliphatic hydroxyl groups excluding tert-OH is 1. The molecule has 2 aliphatic heterocycles. The fourth-order valence-corrected chi connectivity index (χ4v) is 14.2. The lowest BCUT2D eigenvalue weighted by atomic mass is 9.71. The third kappa shape index (κ3) is 20.8. The number of methoxy groups -OCH3 is 1. The van der Waals surface area contributed by atoms with Crippen molar-refractivity contribution in [2.24, 2.45) is 16.2 Å². The normalized spacial score (nSPS) is 13.8. The smallest absolute Gasteiger partial charge is 0.333 e. The highest BCUT2D eigenvalue weighted by Crippen LogP contribution is 2.53. The summed E-state index contributed by atoms with van der Waals surface area (Å²) in [6, 6.07) is 40.3. The van der Waals surface area contributed by atoms with E-state index in [9.17, 15) is 39.0 Å². The Morgan fingerprint density at radius 2 is 1.12 bits per heavy atom. The first kappa shape index (κ1) is 83.7. The van der Waals surface area contributed by atoms with Gasteiger partial charge in [-0.2, -0.15) is 0 Å². The molecule has 0 saturated heterocycles. The minimum Gasteiger partial charge on any atom is -0.507 e. The standard InChI is InChI=1S/C29H35O2P.C22H22O4.C21H20O5.C8H16O3.C7H14O2/c1-18-10-20(3)27-16-32(17-28-21(4)11-19(2)13-26(28)25(27)12-18)31-9-7-8-24-14-22(5)29(30)23(6)15-24;1-5-25-20(23)16(4)13-22(17-9-7-6-8-10-17)18-12-14(2)11-15(3)19(18)26-21(22)24;1-4-21(2,3)20(24)25-14-10-11-16-15(12-14)17(22)18(23)19(26-16)13-8-6-5-7-9-13;1-4-8(2,3)7(10)11-6-5-9;1-5-7(2,3)6(8)9-4/h10-15,30H,7-9,16-17H2,1-6H3;6-12H,4-5,13H2,1-3H3;5-12,23H,4H2,1-3H3;9H,4-6H2,1-3H3;5H2,1-4H3. The van der Waals surface area contributed by atoms with E-state index in [1.165, 1.54) is 63.2 Å². The third-order valence-corrected chi connectivity index (χ3v) is 21.1. The van der Waals surface area contributed by atoms with Gasteiger partial charge >= 0.3 is 29.8 Å². The number of rotatable bonds is 20. The summed E-state index contributed by atoms with van der Waals surface area (Å²) in [7, 11) is 0.855. The van der Waals surface area contributed by atoms with Gasteiger partial charge in [-0.25, -0.2) is 4.79 Å². The number of hydrogen-bond acceptors (Lipinski definition) is 16. The molecule has 1 aromatic heterocycles. The minimum absolute atomic E-state index is 0.0995. The van der Waals surface area contributed by atoms with Crippen molar-refractivity contribution >= 4 is 49.0 Å². The number of phenols is 1. The predicted molar refractivity (Wildman–Crippen MR) is 414 cm³/mol. The number of fused-ring (bicyclic) bond motifs is 5. The van der Waals surface area contributed by atoms with Gasteiger partial charge in [0.25, 0.3) is 0 Å². The molecule has 3 heterocycles. The van der Waals surface area contributed by atoms with Crippen molar-refractivity contribution in [2.45, 2.75) is 181 Å². The summed E-state index contributed by atoms with van der Waals surface area (Å²) in [4.78, 5) is 72.0. The average Bonchev–Trinajstić information content (AvgIpc) is 1.56. The van der Waals surface area contributed by atoms with Gasteiger partial charge < -0.3 is 47.9 Å². The van der Waals surface area contributed by atoms with Gasteiger partial charge in [-0.05, 0) is 215 Å². The van der Waals surface area contributed by atoms with E-state index in [1.807, 2.05) is 125 Å². The van der Waals surface area contributed by atoms with Crippen LogP contribution in [-0.4, -0.2) is 78.7 Å². The number of benzene rings is 7. The maximum Gasteiger partial charge on any atom is 0.333 e. The number of phenolic OH excluding ortho intramolecular Hbond substituents is 1. The number of esters is 5. The largest absolute Gasteiger partial charge is 0.507 e. The molecule has 104 heavy (non-hydrogen) atoms. The molecule has 3 N–H and O–H groups in total. The Labute approximate surface area is 616 Å². The Morgan fingerprint density at radius 1 is 0.596 bits per heavy atom. The van der Waals surface area contributed by atoms with Crippen molar-refractivity contribution in [1.29, 1.82) is 0 Å². The van der Waals surface area contributed by atoms with Crippen molar-refractivity contribution in [3.05, 3.63) is 222 Å². The number of ether oxygens (including phenoxy) is 5. The van der Waals surface area contributed by atoms with Crippen molar-refractivity contribution in [1.82, 2.24) is 0 Å². The van der Waals surface area contributed by atoms with Crippen LogP contribution in [0.25, 0.3) is 33.4 Å². The monoisotopic (exact) mass is 1440 g/mol. The van der Waals surface area contributed by atoms with Crippen LogP contribution in [0.15, 0.2) is 149 Å². The van der Waals surface area contributed by atoms with E-state index in [0.29, 0.717) is 29.1 Å². The fourth-order valence-electron chi connectivity index (χ4n) is 11.9. The molecule has 10 rings (SSSR count). The molecule has 0 bridgehead atoms. The zero-order valence-electron chi connectivity index (χ0n) is 64.4. The van der Waals surface area contributed by atoms with Crippen LogP contribution in [0.2, 0.25) is 0 Å². The number of carbonyl (C=O) groups is 5. The SMILES string of the molecule is C=C(CC1(c2ccccc2)C(=O)Oc2c(C)cc(C)cc21)C(=O)OCC.CCC(C)(C)C(=O)OC.CCC(C)(C)C(=O)OCCO.CCC(C)(C)C(=O)Oc1ccc2oc(-c3ccccc3)c(O)c(=O)c2c1.Cc1cc(C)c2c(c1)-c1cc(C)cc(C)c1CP(OCCCc1cc(C)c(O)c(C)c1)C2. The first-order chi connectivity index (χ1) is 49.0. The summed E-state index contributed by atoms with van der Waals surface area (Å²) in [6.45, 7) is 40.2. The first-order valence-electron chi connectivity index (χ1n) is 35.6. The van der Waals surface area contributed by atoms with Crippen molar-refractivity contribution < 1.29 is 71.9 Å². The van der Waals surface area contributed by atoms with Gasteiger partial charge in [0.2, 0.25) is 11.2 Å². The summed E-state index contributed by atoms with van der Waals surface area (Å²) >= 11 is 0. The predicted octanol–water partition coefficient (Wildman–Crippen LogP) is 19.0. The van der Waals surface area contributed by atoms with E-state index < -0.39 is 47.5 Å². The molecule has 0 aliphatic carbocycles. The molecule has 8 aromatic rings. The van der Waals surface area contributed by atoms with Crippen LogP contribution in [0.5, 0.6) is 23.0 Å². The highest BCUT2D eigenvalue weighted by atomic mass is 31.1. The molecule has 0 spiro atoms. The van der Waals surface area contributed by atoms with Crippen LogP contribution >= 0.6 is 8.15 Å². The molecule has 16 nitrogen and oxygen atoms in total. The lowest BCUT2D eigenvalue weighted by Gasteiger charge is -2.27. The molecular formula is C87H107O16P. The van der Waals surface area contributed by atoms with E-state index in [0.717, 1.165) is 78.0 Å². The van der Waals surface area contributed by atoms with Gasteiger partial charge in [0.1, 0.15) is 34.9 Å². The molecule has 0 radical (unpaired) electrons. The Bertz CT molecular complexity index is 4350. The maximum atomic E-state index is 13.1. The highest BCUT2D eigenvalue weighted by Gasteiger charge is 2.52. The second-order valence-electron chi connectivity index (χ2n) is 28.7. The molecule has 556 valence electrons. The van der Waals surface area contributed by atoms with Crippen LogP contribution in [0.3, 0.4) is 0 Å². The molecule has 0 fully saturated rings. The minimum atomic E-state index is -1.10. The van der Waals surface area contributed by atoms with Crippen LogP contribution in [0.1, 0.15) is 174 Å². The number of hydrogen-bond donors (Lipinski definition) is 3. The van der Waals surface area contributed by atoms with E-state index in [4.69, 9.17) is 33.0 Å². The van der Waals surface area contributed by atoms with E-state index >= 15 is 0 Å². The first-order valence-corrected chi connectivity index (χ1v) is 37.2. The van der Waals surface area contributed by atoms with Crippen molar-refractivity contribution in [2.75, 3.05) is 33.5 Å². The van der Waals surface area contributed by atoms with Crippen molar-refractivity contribution in [3.63, 3.8) is 0 Å². The summed E-state index contributed by atoms with van der Waals surface area (Å²) in [5, 5.41) is 28.8. The van der Waals surface area contributed by atoms with E-state index in [-0.39, 0.29) is 72.0 Å². The van der Waals surface area contributed by atoms with Crippen LogP contribution < -0.4 is 14.9 Å². The van der Waals surface area contributed by atoms with Crippen LogP contribution in [0.4, 0.5) is 0 Å². The van der Waals surface area contributed by atoms with Gasteiger partial charge in [-0.1, -0.05) is 153 Å². The third-order valence-electron chi connectivity index (χ3n) is 19.3. The van der Waals surface area contributed by atoms with Crippen LogP contribution in [0, 0.1) is 71.6 Å². The average molecular weight is 1440 g/mol. The fraction of sp³-hybridized carbons (Fsp3) is 0.402. The molecule has 0 saturated carbocycles. The zero-order chi connectivity index (χ0) is 77.2. The topological polar surface area (TPSA) is 232 Å². The number of aliphatic hydroxyl groups is 1. The number of carbonyl (C=O) groups excluding carboxylic acids is 5. The molecule has 2 aliphatic rings. The summed E-state index contributed by atoms with van der Waals surface area (Å²) in [5.41, 5.74) is 16.0. The Balaban J connectivity index is 0.000000217. The summed E-state index contributed by atoms with van der Waals surface area (Å²) in [5.74, 6) is -0.773. The van der Waals surface area contributed by atoms with Crippen LogP contribution in [-0.2, 0) is 66.9 Å². The second kappa shape index (κ2) is 37.0. The highest BCUT2D eigenvalue weighted by molar-refractivity contribution is 7.50. The van der Waals surface area contributed by atoms with Gasteiger partial charge in [-0.15, -0.1) is 0 Å². The van der Waals surface area contributed by atoms with E-state index in [1.54, 1.807) is 57.2 Å². The zero-order valence-corrected chi connectivity index (χ0v) is 65.3. The lowest BCUT2D eigenvalue weighted by molar-refractivity contribution is -0.155. The Kier molecular flexibility index (Phi) is 29.8. The second-order valence-corrected chi connectivity index (χ2v) is 30.6.